The smallest absolute Gasteiger partial charge is 0.254 e. The highest BCUT2D eigenvalue weighted by Gasteiger charge is 2.35. The number of nitrogens with one attached hydrogen (secondary N) is 1. The van der Waals surface area contributed by atoms with Crippen LogP contribution in [0.4, 0.5) is 5.82 Å². The first-order valence-electron chi connectivity index (χ1n) is 9.21. The Hall–Kier alpha value is -2.06. The van der Waals surface area contributed by atoms with E-state index in [9.17, 15) is 4.79 Å². The molecule has 1 aromatic heterocycles. The second-order valence-electron chi connectivity index (χ2n) is 6.68. The number of rotatable bonds is 8. The van der Waals surface area contributed by atoms with Gasteiger partial charge in [0.15, 0.2) is 0 Å². The van der Waals surface area contributed by atoms with Crippen molar-refractivity contribution >= 4 is 34.9 Å². The van der Waals surface area contributed by atoms with Gasteiger partial charge < -0.3 is 19.7 Å². The van der Waals surface area contributed by atoms with E-state index in [0.717, 1.165) is 17.1 Å². The Labute approximate surface area is 180 Å². The summed E-state index contributed by atoms with van der Waals surface area (Å²) in [6.45, 7) is 3.66. The van der Waals surface area contributed by atoms with Crippen molar-refractivity contribution in [1.82, 2.24) is 14.7 Å². The van der Waals surface area contributed by atoms with Gasteiger partial charge in [0.2, 0.25) is 0 Å². The molecule has 0 bridgehead atoms. The number of amides is 1. The Bertz CT molecular complexity index is 905. The lowest BCUT2D eigenvalue weighted by atomic mass is 9.94. The fourth-order valence-corrected chi connectivity index (χ4v) is 3.67. The zero-order chi connectivity index (χ0) is 21.0. The maximum absolute atomic E-state index is 13.6. The van der Waals surface area contributed by atoms with Crippen molar-refractivity contribution in [2.24, 2.45) is 0 Å². The van der Waals surface area contributed by atoms with E-state index in [1.807, 2.05) is 19.1 Å². The predicted octanol–water partition coefficient (Wildman–Crippen LogP) is 3.60. The molecule has 29 heavy (non-hydrogen) atoms. The molecule has 156 valence electrons. The van der Waals surface area contributed by atoms with Gasteiger partial charge in [-0.3, -0.25) is 4.79 Å². The van der Waals surface area contributed by atoms with Crippen molar-refractivity contribution in [3.8, 4) is 0 Å². The molecule has 1 aliphatic heterocycles. The first-order chi connectivity index (χ1) is 14.0. The Morgan fingerprint density at radius 2 is 1.86 bits per heavy atom. The lowest BCUT2D eigenvalue weighted by Crippen LogP contribution is -2.41. The van der Waals surface area contributed by atoms with Crippen LogP contribution in [-0.4, -0.2) is 61.1 Å². The van der Waals surface area contributed by atoms with Crippen LogP contribution in [0.15, 0.2) is 41.7 Å². The third kappa shape index (κ3) is 4.59. The van der Waals surface area contributed by atoms with Crippen molar-refractivity contribution in [3.05, 3.63) is 57.3 Å². The zero-order valence-corrected chi connectivity index (χ0v) is 18.1. The summed E-state index contributed by atoms with van der Waals surface area (Å²) >= 11 is 12.4. The first kappa shape index (κ1) is 21.6. The molecule has 3 rings (SSSR count). The lowest BCUT2D eigenvalue weighted by Gasteiger charge is -2.33. The molecule has 0 spiro atoms. The molecular weight excluding hydrogens is 415 g/mol. The molecule has 1 atom stereocenters. The molecule has 2 aromatic rings. The maximum atomic E-state index is 13.6. The number of hydrogen-bond donors (Lipinski definition) is 1. The summed E-state index contributed by atoms with van der Waals surface area (Å²) in [6.07, 6.45) is 1.70. The summed E-state index contributed by atoms with van der Waals surface area (Å²) in [6, 6.07) is 6.81. The van der Waals surface area contributed by atoms with Crippen molar-refractivity contribution in [1.29, 1.82) is 0 Å². The number of aromatic nitrogens is 2. The number of methoxy groups -OCH3 is 2. The van der Waals surface area contributed by atoms with Crippen molar-refractivity contribution < 1.29 is 14.3 Å². The molecule has 9 heteroatoms. The average molecular weight is 439 g/mol. The van der Waals surface area contributed by atoms with Crippen LogP contribution in [-0.2, 0) is 14.3 Å². The van der Waals surface area contributed by atoms with Gasteiger partial charge in [0.1, 0.15) is 11.9 Å². The van der Waals surface area contributed by atoms with Gasteiger partial charge in [-0.15, -0.1) is 0 Å². The molecule has 1 N–H and O–H groups in total. The number of nitrogens with zero attached hydrogens (tertiary/aromatic N) is 3. The minimum absolute atomic E-state index is 0.110. The number of carbonyl (C=O) groups excluding carboxylic acids is 1. The standard InChI is InChI=1S/C20H24Cl2N4O3/c1-13-18(20(27)25(8-10-28-2)9-11-29-3)19(26-17(24-13)6-7-23-26)14-4-5-15(21)16(22)12-14/h4-7,12,19,24H,8-11H2,1-3H3. The highest BCUT2D eigenvalue weighted by atomic mass is 35.5. The number of benzene rings is 1. The molecule has 1 amide bonds. The van der Waals surface area contributed by atoms with E-state index in [-0.39, 0.29) is 5.91 Å². The van der Waals surface area contributed by atoms with Gasteiger partial charge in [-0.2, -0.15) is 5.10 Å². The Balaban J connectivity index is 2.05. The second-order valence-corrected chi connectivity index (χ2v) is 7.49. The summed E-state index contributed by atoms with van der Waals surface area (Å²) in [4.78, 5) is 15.3. The normalized spacial score (nSPS) is 15.8. The van der Waals surface area contributed by atoms with Crippen LogP contribution in [0.2, 0.25) is 10.0 Å². The maximum Gasteiger partial charge on any atom is 0.254 e. The van der Waals surface area contributed by atoms with Gasteiger partial charge in [0.25, 0.3) is 5.91 Å². The van der Waals surface area contributed by atoms with Gasteiger partial charge >= 0.3 is 0 Å². The molecule has 0 saturated heterocycles. The summed E-state index contributed by atoms with van der Waals surface area (Å²) in [7, 11) is 3.22. The molecule has 1 aromatic carbocycles. The second kappa shape index (κ2) is 9.63. The van der Waals surface area contributed by atoms with Gasteiger partial charge in [0, 0.05) is 39.1 Å². The third-order valence-electron chi connectivity index (χ3n) is 4.82. The van der Waals surface area contributed by atoms with Crippen molar-refractivity contribution in [2.75, 3.05) is 45.8 Å². The van der Waals surface area contributed by atoms with E-state index in [1.165, 1.54) is 0 Å². The number of carbonyl (C=O) groups is 1. The Morgan fingerprint density at radius 1 is 1.17 bits per heavy atom. The number of halogens is 2. The third-order valence-corrected chi connectivity index (χ3v) is 5.55. The zero-order valence-electron chi connectivity index (χ0n) is 16.6. The Kier molecular flexibility index (Phi) is 7.18. The van der Waals surface area contributed by atoms with Crippen LogP contribution in [0.5, 0.6) is 0 Å². The van der Waals surface area contributed by atoms with E-state index < -0.39 is 6.04 Å². The predicted molar refractivity (Wildman–Crippen MR) is 113 cm³/mol. The van der Waals surface area contributed by atoms with Gasteiger partial charge in [-0.1, -0.05) is 29.3 Å². The number of allylic oxidation sites excluding steroid dienone is 1. The monoisotopic (exact) mass is 438 g/mol. The van der Waals surface area contributed by atoms with E-state index in [2.05, 4.69) is 10.4 Å². The SMILES string of the molecule is COCCN(CCOC)C(=O)C1=C(C)Nc2ccnn2C1c1ccc(Cl)c(Cl)c1. The average Bonchev–Trinajstić information content (AvgIpc) is 3.16. The minimum Gasteiger partial charge on any atom is -0.383 e. The highest BCUT2D eigenvalue weighted by Crippen LogP contribution is 2.38. The van der Waals surface area contributed by atoms with E-state index >= 15 is 0 Å². The van der Waals surface area contributed by atoms with Crippen LogP contribution in [0, 0.1) is 0 Å². The van der Waals surface area contributed by atoms with Crippen LogP contribution in [0.25, 0.3) is 0 Å². The number of ether oxygens (including phenoxy) is 2. The summed E-state index contributed by atoms with van der Waals surface area (Å²) in [5, 5.41) is 8.60. The van der Waals surface area contributed by atoms with Gasteiger partial charge in [0.05, 0.1) is 35.0 Å². The highest BCUT2D eigenvalue weighted by molar-refractivity contribution is 6.42. The van der Waals surface area contributed by atoms with E-state index in [4.69, 9.17) is 32.7 Å². The number of anilines is 1. The fourth-order valence-electron chi connectivity index (χ4n) is 3.36. The molecule has 1 aliphatic rings. The molecule has 0 radical (unpaired) electrons. The molecule has 0 fully saturated rings. The quantitative estimate of drug-likeness (QED) is 0.681. The largest absolute Gasteiger partial charge is 0.383 e. The van der Waals surface area contributed by atoms with Crippen molar-refractivity contribution in [2.45, 2.75) is 13.0 Å². The molecule has 2 heterocycles. The van der Waals surface area contributed by atoms with Crippen LogP contribution >= 0.6 is 23.2 Å². The first-order valence-corrected chi connectivity index (χ1v) is 9.97. The summed E-state index contributed by atoms with van der Waals surface area (Å²) in [5.41, 5.74) is 2.18. The molecule has 1 unspecified atom stereocenters. The van der Waals surface area contributed by atoms with Crippen molar-refractivity contribution in [3.63, 3.8) is 0 Å². The van der Waals surface area contributed by atoms with Crippen LogP contribution in [0.3, 0.4) is 0 Å². The topological polar surface area (TPSA) is 68.6 Å². The fraction of sp³-hybridized carbons (Fsp3) is 0.400. The lowest BCUT2D eigenvalue weighted by molar-refractivity contribution is -0.129. The summed E-state index contributed by atoms with van der Waals surface area (Å²) in [5.74, 6) is 0.691. The van der Waals surface area contributed by atoms with Crippen LogP contribution in [0.1, 0.15) is 18.5 Å². The van der Waals surface area contributed by atoms with E-state index in [0.29, 0.717) is 41.9 Å². The summed E-state index contributed by atoms with van der Waals surface area (Å²) < 4.78 is 12.2. The number of hydrogen-bond acceptors (Lipinski definition) is 5. The van der Waals surface area contributed by atoms with E-state index in [1.54, 1.807) is 42.1 Å². The van der Waals surface area contributed by atoms with Gasteiger partial charge in [-0.25, -0.2) is 4.68 Å². The van der Waals surface area contributed by atoms with Gasteiger partial charge in [-0.05, 0) is 24.6 Å². The number of fused-ring (bicyclic) bond motifs is 1. The molecule has 0 aliphatic carbocycles. The van der Waals surface area contributed by atoms with Crippen LogP contribution < -0.4 is 5.32 Å². The minimum atomic E-state index is -0.434. The molecule has 7 nitrogen and oxygen atoms in total. The molecular formula is C20H24Cl2N4O3. The molecule has 0 saturated carbocycles. The Morgan fingerprint density at radius 3 is 2.48 bits per heavy atom.